The molecule has 0 spiro atoms. The molecule has 1 saturated heterocycles. The largest absolute Gasteiger partial charge is 0.336 e. The molecule has 7 heteroatoms. The van der Waals surface area contributed by atoms with Crippen LogP contribution in [0.4, 0.5) is 0 Å². The van der Waals surface area contributed by atoms with Gasteiger partial charge in [-0.05, 0) is 30.8 Å². The second kappa shape index (κ2) is 7.72. The molecule has 1 N–H and O–H groups in total. The second-order valence-electron chi connectivity index (χ2n) is 5.39. The van der Waals surface area contributed by atoms with Crippen LogP contribution in [0.15, 0.2) is 41.8 Å². The van der Waals surface area contributed by atoms with E-state index in [1.165, 1.54) is 18.2 Å². The number of piperazine rings is 1. The molecule has 0 radical (unpaired) electrons. The van der Waals surface area contributed by atoms with E-state index in [4.69, 9.17) is 0 Å². The topological polar surface area (TPSA) is 69.7 Å². The van der Waals surface area contributed by atoms with Gasteiger partial charge in [-0.15, -0.1) is 6.58 Å². The number of nitrogens with zero attached hydrogens (tertiary/aromatic N) is 2. The van der Waals surface area contributed by atoms with E-state index in [-0.39, 0.29) is 17.3 Å². The Morgan fingerprint density at radius 3 is 2.35 bits per heavy atom. The van der Waals surface area contributed by atoms with Crippen molar-refractivity contribution in [3.8, 4) is 0 Å². The quantitative estimate of drug-likeness (QED) is 0.784. The first-order valence-electron chi connectivity index (χ1n) is 7.70. The molecule has 0 unspecified atom stereocenters. The Morgan fingerprint density at radius 2 is 1.83 bits per heavy atom. The van der Waals surface area contributed by atoms with Gasteiger partial charge in [-0.25, -0.2) is 13.1 Å². The minimum absolute atomic E-state index is 0.0521. The Kier molecular flexibility index (Phi) is 5.92. The standard InChI is InChI=1S/C16H23N3O3S/c1-3-9-17-23(21,22)15-7-5-14(6-8-15)16(20)19-12-10-18(4-2)11-13-19/h3,5-8,17H,1,4,9-13H2,2H3. The molecular weight excluding hydrogens is 314 g/mol. The molecule has 1 aliphatic heterocycles. The number of benzene rings is 1. The van der Waals surface area contributed by atoms with Gasteiger partial charge in [0, 0.05) is 38.3 Å². The zero-order valence-corrected chi connectivity index (χ0v) is 14.2. The van der Waals surface area contributed by atoms with Gasteiger partial charge in [-0.1, -0.05) is 13.0 Å². The third kappa shape index (κ3) is 4.40. The van der Waals surface area contributed by atoms with Crippen LogP contribution in [-0.2, 0) is 10.0 Å². The van der Waals surface area contributed by atoms with Crippen molar-refractivity contribution in [2.24, 2.45) is 0 Å². The van der Waals surface area contributed by atoms with Crippen LogP contribution in [0.25, 0.3) is 0 Å². The summed E-state index contributed by atoms with van der Waals surface area (Å²) < 4.78 is 26.4. The molecule has 0 aliphatic carbocycles. The predicted octanol–water partition coefficient (Wildman–Crippen LogP) is 0.929. The number of sulfonamides is 1. The van der Waals surface area contributed by atoms with Crippen LogP contribution in [-0.4, -0.2) is 63.4 Å². The number of rotatable bonds is 6. The molecule has 1 aromatic carbocycles. The first-order chi connectivity index (χ1) is 11.0. The summed E-state index contributed by atoms with van der Waals surface area (Å²) in [5, 5.41) is 0. The highest BCUT2D eigenvalue weighted by Crippen LogP contribution is 2.13. The van der Waals surface area contributed by atoms with Crippen LogP contribution in [0.2, 0.25) is 0 Å². The molecule has 126 valence electrons. The van der Waals surface area contributed by atoms with Gasteiger partial charge in [0.05, 0.1) is 4.90 Å². The minimum Gasteiger partial charge on any atom is -0.336 e. The summed E-state index contributed by atoms with van der Waals surface area (Å²) in [6.45, 7) is 9.90. The van der Waals surface area contributed by atoms with Gasteiger partial charge in [-0.3, -0.25) is 4.79 Å². The van der Waals surface area contributed by atoms with Crippen molar-refractivity contribution < 1.29 is 13.2 Å². The molecule has 6 nitrogen and oxygen atoms in total. The van der Waals surface area contributed by atoms with Crippen LogP contribution in [0, 0.1) is 0 Å². The van der Waals surface area contributed by atoms with Crippen molar-refractivity contribution in [3.63, 3.8) is 0 Å². The number of carbonyl (C=O) groups is 1. The first kappa shape index (κ1) is 17.7. The van der Waals surface area contributed by atoms with Gasteiger partial charge in [0.1, 0.15) is 0 Å². The first-order valence-corrected chi connectivity index (χ1v) is 9.18. The predicted molar refractivity (Wildman–Crippen MR) is 89.8 cm³/mol. The zero-order valence-electron chi connectivity index (χ0n) is 13.4. The maximum absolute atomic E-state index is 12.5. The maximum Gasteiger partial charge on any atom is 0.253 e. The Bertz CT molecular complexity index is 648. The zero-order chi connectivity index (χ0) is 16.9. The van der Waals surface area contributed by atoms with Crippen molar-refractivity contribution in [2.75, 3.05) is 39.3 Å². The molecule has 2 rings (SSSR count). The fraction of sp³-hybridized carbons (Fsp3) is 0.438. The molecular formula is C16H23N3O3S. The molecule has 1 heterocycles. The van der Waals surface area contributed by atoms with Crippen LogP contribution in [0.1, 0.15) is 17.3 Å². The van der Waals surface area contributed by atoms with E-state index in [2.05, 4.69) is 23.1 Å². The number of nitrogens with one attached hydrogen (secondary N) is 1. The van der Waals surface area contributed by atoms with E-state index in [9.17, 15) is 13.2 Å². The fourth-order valence-corrected chi connectivity index (χ4v) is 3.48. The summed E-state index contributed by atoms with van der Waals surface area (Å²) in [4.78, 5) is 16.7. The highest BCUT2D eigenvalue weighted by Gasteiger charge is 2.22. The van der Waals surface area contributed by atoms with E-state index < -0.39 is 10.0 Å². The Hall–Kier alpha value is -1.70. The number of likely N-dealkylation sites (N-methyl/N-ethyl adjacent to an activating group) is 1. The smallest absolute Gasteiger partial charge is 0.253 e. The van der Waals surface area contributed by atoms with Gasteiger partial charge in [0.25, 0.3) is 5.91 Å². The number of carbonyl (C=O) groups excluding carboxylic acids is 1. The van der Waals surface area contributed by atoms with Gasteiger partial charge < -0.3 is 9.80 Å². The Balaban J connectivity index is 2.05. The lowest BCUT2D eigenvalue weighted by Gasteiger charge is -2.34. The summed E-state index contributed by atoms with van der Waals surface area (Å²) in [6, 6.07) is 6.05. The van der Waals surface area contributed by atoms with Crippen LogP contribution >= 0.6 is 0 Å². The molecule has 1 fully saturated rings. The summed E-state index contributed by atoms with van der Waals surface area (Å²) in [5.74, 6) is -0.0521. The maximum atomic E-state index is 12.5. The van der Waals surface area contributed by atoms with Crippen LogP contribution in [0.3, 0.4) is 0 Å². The molecule has 23 heavy (non-hydrogen) atoms. The second-order valence-corrected chi connectivity index (χ2v) is 7.16. The van der Waals surface area contributed by atoms with Gasteiger partial charge in [0.2, 0.25) is 10.0 Å². The van der Waals surface area contributed by atoms with E-state index >= 15 is 0 Å². The lowest BCUT2D eigenvalue weighted by atomic mass is 10.2. The van der Waals surface area contributed by atoms with E-state index in [1.807, 2.05) is 4.90 Å². The van der Waals surface area contributed by atoms with Crippen molar-refractivity contribution in [3.05, 3.63) is 42.5 Å². The van der Waals surface area contributed by atoms with Crippen molar-refractivity contribution in [2.45, 2.75) is 11.8 Å². The van der Waals surface area contributed by atoms with Gasteiger partial charge >= 0.3 is 0 Å². The lowest BCUT2D eigenvalue weighted by molar-refractivity contribution is 0.0643. The normalized spacial score (nSPS) is 16.3. The van der Waals surface area contributed by atoms with Crippen LogP contribution < -0.4 is 4.72 Å². The Morgan fingerprint density at radius 1 is 1.22 bits per heavy atom. The fourth-order valence-electron chi connectivity index (χ4n) is 2.48. The molecule has 0 atom stereocenters. The van der Waals surface area contributed by atoms with Crippen molar-refractivity contribution in [1.82, 2.24) is 14.5 Å². The van der Waals surface area contributed by atoms with E-state index in [0.29, 0.717) is 18.7 Å². The molecule has 0 saturated carbocycles. The van der Waals surface area contributed by atoms with E-state index in [0.717, 1.165) is 19.6 Å². The lowest BCUT2D eigenvalue weighted by Crippen LogP contribution is -2.48. The monoisotopic (exact) mass is 337 g/mol. The molecule has 0 aromatic heterocycles. The van der Waals surface area contributed by atoms with Gasteiger partial charge in [-0.2, -0.15) is 0 Å². The van der Waals surface area contributed by atoms with E-state index in [1.54, 1.807) is 12.1 Å². The number of hydrogen-bond acceptors (Lipinski definition) is 4. The summed E-state index contributed by atoms with van der Waals surface area (Å²) in [5.41, 5.74) is 0.512. The average molecular weight is 337 g/mol. The van der Waals surface area contributed by atoms with Crippen molar-refractivity contribution >= 4 is 15.9 Å². The summed E-state index contributed by atoms with van der Waals surface area (Å²) >= 11 is 0. The van der Waals surface area contributed by atoms with Crippen molar-refractivity contribution in [1.29, 1.82) is 0 Å². The highest BCUT2D eigenvalue weighted by atomic mass is 32.2. The van der Waals surface area contributed by atoms with Gasteiger partial charge in [0.15, 0.2) is 0 Å². The SMILES string of the molecule is C=CCNS(=O)(=O)c1ccc(C(=O)N2CCN(CC)CC2)cc1. The third-order valence-corrected chi connectivity index (χ3v) is 5.38. The summed E-state index contributed by atoms with van der Waals surface area (Å²) in [6.07, 6.45) is 1.48. The number of amides is 1. The summed E-state index contributed by atoms with van der Waals surface area (Å²) in [7, 11) is -3.55. The highest BCUT2D eigenvalue weighted by molar-refractivity contribution is 7.89. The number of hydrogen-bond donors (Lipinski definition) is 1. The third-order valence-electron chi connectivity index (χ3n) is 3.94. The van der Waals surface area contributed by atoms with Crippen LogP contribution in [0.5, 0.6) is 0 Å². The molecule has 0 bridgehead atoms. The molecule has 1 aromatic rings. The minimum atomic E-state index is -3.55. The Labute approximate surface area is 137 Å². The molecule has 1 aliphatic rings. The molecule has 1 amide bonds. The average Bonchev–Trinajstić information content (AvgIpc) is 2.59.